The zero-order valence-corrected chi connectivity index (χ0v) is 14.7. The Morgan fingerprint density at radius 3 is 2.54 bits per heavy atom. The highest BCUT2D eigenvalue weighted by Gasteiger charge is 2.13. The summed E-state index contributed by atoms with van der Waals surface area (Å²) in [4.78, 5) is 26.0. The third-order valence-electron chi connectivity index (χ3n) is 3.53. The van der Waals surface area contributed by atoms with Crippen molar-refractivity contribution in [2.45, 2.75) is 6.54 Å². The molecule has 26 heavy (non-hydrogen) atoms. The first-order valence-electron chi connectivity index (χ1n) is 7.49. The first kappa shape index (κ1) is 17.5. The van der Waals surface area contributed by atoms with Crippen LogP contribution in [0.2, 0.25) is 5.28 Å². The molecule has 0 saturated heterocycles. The Hall–Kier alpha value is -3.27. The summed E-state index contributed by atoms with van der Waals surface area (Å²) < 4.78 is 6.15. The molecule has 0 radical (unpaired) electrons. The molecular weight excluding hydrogens is 362 g/mol. The number of ether oxygens (including phenoxy) is 1. The first-order chi connectivity index (χ1) is 12.5. The summed E-state index contributed by atoms with van der Waals surface area (Å²) in [5.41, 5.74) is 0.505. The lowest BCUT2D eigenvalue weighted by Gasteiger charge is -2.08. The standard InChI is InChI=1S/C15H16ClN7O3/c1-23-11(24)10(19-15(23)25)18-14-21-12(16)20-13(22-14)17-7-8-3-5-9(26-2)6-4-8/h3-6,24H,7H2,1-2H3,(H,19,25)(H2,17,18,20,21,22). The lowest BCUT2D eigenvalue weighted by Crippen LogP contribution is -2.11. The normalized spacial score (nSPS) is 10.6. The van der Waals surface area contributed by atoms with Crippen molar-refractivity contribution in [3.8, 4) is 11.6 Å². The molecule has 0 aliphatic carbocycles. The van der Waals surface area contributed by atoms with Crippen LogP contribution in [0.1, 0.15) is 5.56 Å². The molecule has 4 N–H and O–H groups in total. The Kier molecular flexibility index (Phi) is 4.94. The number of aromatic amines is 1. The van der Waals surface area contributed by atoms with Gasteiger partial charge in [0.25, 0.3) is 0 Å². The van der Waals surface area contributed by atoms with E-state index < -0.39 is 5.69 Å². The molecule has 3 rings (SSSR count). The smallest absolute Gasteiger partial charge is 0.329 e. The maximum Gasteiger partial charge on any atom is 0.329 e. The SMILES string of the molecule is COc1ccc(CNc2nc(Cl)nc(Nc3[nH]c(=O)n(C)c3O)n2)cc1. The molecule has 10 nitrogen and oxygen atoms in total. The van der Waals surface area contributed by atoms with E-state index in [1.54, 1.807) is 7.11 Å². The van der Waals surface area contributed by atoms with Gasteiger partial charge < -0.3 is 20.5 Å². The fourth-order valence-corrected chi connectivity index (χ4v) is 2.28. The maximum atomic E-state index is 11.5. The molecule has 0 unspecified atom stereocenters. The molecule has 136 valence electrons. The molecule has 0 bridgehead atoms. The van der Waals surface area contributed by atoms with Crippen molar-refractivity contribution in [2.75, 3.05) is 17.7 Å². The Balaban J connectivity index is 1.74. The Morgan fingerprint density at radius 1 is 1.23 bits per heavy atom. The van der Waals surface area contributed by atoms with Crippen LogP contribution in [0.25, 0.3) is 0 Å². The Labute approximate surface area is 152 Å². The van der Waals surface area contributed by atoms with E-state index in [0.29, 0.717) is 6.54 Å². The first-order valence-corrected chi connectivity index (χ1v) is 7.87. The van der Waals surface area contributed by atoms with Crippen molar-refractivity contribution in [3.05, 3.63) is 45.6 Å². The minimum Gasteiger partial charge on any atom is -0.497 e. The van der Waals surface area contributed by atoms with Gasteiger partial charge in [0.2, 0.25) is 23.1 Å². The zero-order valence-electron chi connectivity index (χ0n) is 13.9. The molecule has 0 spiro atoms. The molecule has 0 aliphatic heterocycles. The summed E-state index contributed by atoms with van der Waals surface area (Å²) >= 11 is 5.92. The summed E-state index contributed by atoms with van der Waals surface area (Å²) in [5, 5.41) is 15.5. The van der Waals surface area contributed by atoms with Crippen LogP contribution in [-0.4, -0.2) is 36.7 Å². The van der Waals surface area contributed by atoms with Gasteiger partial charge in [-0.25, -0.2) is 4.79 Å². The number of aromatic hydroxyl groups is 1. The van der Waals surface area contributed by atoms with E-state index in [2.05, 4.69) is 30.6 Å². The average Bonchev–Trinajstić information content (AvgIpc) is 2.87. The van der Waals surface area contributed by atoms with Gasteiger partial charge in [-0.1, -0.05) is 12.1 Å². The zero-order chi connectivity index (χ0) is 18.7. The summed E-state index contributed by atoms with van der Waals surface area (Å²) in [6.07, 6.45) is 0. The van der Waals surface area contributed by atoms with E-state index in [1.807, 2.05) is 24.3 Å². The van der Waals surface area contributed by atoms with Crippen LogP contribution in [0.15, 0.2) is 29.1 Å². The summed E-state index contributed by atoms with van der Waals surface area (Å²) in [6, 6.07) is 7.50. The third-order valence-corrected chi connectivity index (χ3v) is 3.70. The number of halogens is 1. The van der Waals surface area contributed by atoms with Gasteiger partial charge in [0.1, 0.15) is 5.75 Å². The Bertz CT molecular complexity index is 968. The van der Waals surface area contributed by atoms with E-state index in [4.69, 9.17) is 16.3 Å². The van der Waals surface area contributed by atoms with E-state index in [9.17, 15) is 9.90 Å². The number of H-pyrrole nitrogens is 1. The third kappa shape index (κ3) is 3.86. The van der Waals surface area contributed by atoms with Crippen LogP contribution in [0.3, 0.4) is 0 Å². The molecule has 0 fully saturated rings. The highest BCUT2D eigenvalue weighted by Crippen LogP contribution is 2.21. The van der Waals surface area contributed by atoms with Gasteiger partial charge in [0.15, 0.2) is 5.82 Å². The number of anilines is 3. The largest absolute Gasteiger partial charge is 0.497 e. The second-order valence-corrected chi connectivity index (χ2v) is 5.60. The maximum absolute atomic E-state index is 11.5. The predicted molar refractivity (Wildman–Crippen MR) is 96.1 cm³/mol. The number of methoxy groups -OCH3 is 1. The molecule has 2 aromatic heterocycles. The monoisotopic (exact) mass is 377 g/mol. The highest BCUT2D eigenvalue weighted by atomic mass is 35.5. The van der Waals surface area contributed by atoms with Gasteiger partial charge in [-0.15, -0.1) is 0 Å². The molecule has 0 saturated carbocycles. The lowest BCUT2D eigenvalue weighted by molar-refractivity contribution is 0.414. The molecule has 0 aliphatic rings. The van der Waals surface area contributed by atoms with Gasteiger partial charge in [-0.3, -0.25) is 9.55 Å². The molecule has 2 heterocycles. The molecule has 1 aromatic carbocycles. The predicted octanol–water partition coefficient (Wildman–Crippen LogP) is 1.62. The van der Waals surface area contributed by atoms with Gasteiger partial charge >= 0.3 is 5.69 Å². The molecule has 0 amide bonds. The minimum absolute atomic E-state index is 0.0440. The van der Waals surface area contributed by atoms with Crippen molar-refractivity contribution in [1.82, 2.24) is 24.5 Å². The summed E-state index contributed by atoms with van der Waals surface area (Å²) in [5.74, 6) is 0.848. The summed E-state index contributed by atoms with van der Waals surface area (Å²) in [7, 11) is 3.02. The van der Waals surface area contributed by atoms with Gasteiger partial charge in [-0.05, 0) is 29.3 Å². The van der Waals surface area contributed by atoms with Crippen LogP contribution < -0.4 is 21.1 Å². The van der Waals surface area contributed by atoms with Crippen molar-refractivity contribution < 1.29 is 9.84 Å². The average molecular weight is 378 g/mol. The fraction of sp³-hybridized carbons (Fsp3) is 0.200. The second kappa shape index (κ2) is 7.31. The molecule has 11 heteroatoms. The van der Waals surface area contributed by atoms with Gasteiger partial charge in [0.05, 0.1) is 7.11 Å². The fourth-order valence-electron chi connectivity index (χ4n) is 2.12. The topological polar surface area (TPSA) is 130 Å². The van der Waals surface area contributed by atoms with Crippen molar-refractivity contribution in [1.29, 1.82) is 0 Å². The molecule has 3 aromatic rings. The number of nitrogens with zero attached hydrogens (tertiary/aromatic N) is 4. The molecule has 0 atom stereocenters. The van der Waals surface area contributed by atoms with Crippen molar-refractivity contribution >= 4 is 29.3 Å². The number of benzene rings is 1. The minimum atomic E-state index is -0.483. The van der Waals surface area contributed by atoms with E-state index >= 15 is 0 Å². The van der Waals surface area contributed by atoms with Crippen LogP contribution in [-0.2, 0) is 13.6 Å². The van der Waals surface area contributed by atoms with E-state index in [0.717, 1.165) is 15.9 Å². The lowest BCUT2D eigenvalue weighted by atomic mass is 10.2. The highest BCUT2D eigenvalue weighted by molar-refractivity contribution is 6.28. The van der Waals surface area contributed by atoms with Crippen LogP contribution in [0.4, 0.5) is 17.7 Å². The summed E-state index contributed by atoms with van der Waals surface area (Å²) in [6.45, 7) is 0.456. The Morgan fingerprint density at radius 2 is 1.92 bits per heavy atom. The second-order valence-electron chi connectivity index (χ2n) is 5.27. The number of hydrogen-bond donors (Lipinski definition) is 4. The van der Waals surface area contributed by atoms with Crippen LogP contribution in [0.5, 0.6) is 11.6 Å². The van der Waals surface area contributed by atoms with Gasteiger partial charge in [-0.2, -0.15) is 15.0 Å². The molecular formula is C15H16ClN7O3. The number of hydrogen-bond acceptors (Lipinski definition) is 8. The number of aromatic nitrogens is 5. The van der Waals surface area contributed by atoms with E-state index in [-0.39, 0.29) is 28.9 Å². The number of nitrogens with one attached hydrogen (secondary N) is 3. The number of imidazole rings is 1. The van der Waals surface area contributed by atoms with Gasteiger partial charge in [0, 0.05) is 13.6 Å². The van der Waals surface area contributed by atoms with E-state index in [1.165, 1.54) is 7.05 Å². The quantitative estimate of drug-likeness (QED) is 0.510. The number of rotatable bonds is 6. The van der Waals surface area contributed by atoms with Crippen LogP contribution in [0, 0.1) is 0 Å². The van der Waals surface area contributed by atoms with Crippen LogP contribution >= 0.6 is 11.6 Å². The van der Waals surface area contributed by atoms with Crippen molar-refractivity contribution in [2.24, 2.45) is 7.05 Å². The van der Waals surface area contributed by atoms with Crippen molar-refractivity contribution in [3.63, 3.8) is 0 Å².